The lowest BCUT2D eigenvalue weighted by atomic mass is 10.2. The molecule has 0 saturated heterocycles. The standard InChI is InChI=1S/C13H15N3O2/c1-8-6-4-5-7-10(8)14-12(17)11-9(2)15-16(3)13(11)18/h4-7,18H,1-3H3,(H,14,17). The first-order chi connectivity index (χ1) is 8.50. The number of hydrogen-bond donors (Lipinski definition) is 2. The predicted octanol–water partition coefficient (Wildman–Crippen LogP) is 1.99. The maximum absolute atomic E-state index is 12.1. The maximum atomic E-state index is 12.1. The number of nitrogens with one attached hydrogen (secondary N) is 1. The molecule has 1 heterocycles. The number of aryl methyl sites for hydroxylation is 3. The van der Waals surface area contributed by atoms with Crippen molar-refractivity contribution in [2.45, 2.75) is 13.8 Å². The van der Waals surface area contributed by atoms with Crippen molar-refractivity contribution < 1.29 is 9.90 Å². The van der Waals surface area contributed by atoms with Crippen LogP contribution >= 0.6 is 0 Å². The van der Waals surface area contributed by atoms with Gasteiger partial charge in [-0.15, -0.1) is 0 Å². The van der Waals surface area contributed by atoms with Crippen LogP contribution in [0.25, 0.3) is 0 Å². The molecule has 0 bridgehead atoms. The Morgan fingerprint density at radius 1 is 1.33 bits per heavy atom. The molecule has 0 fully saturated rings. The number of carbonyl (C=O) groups excluding carboxylic acids is 1. The summed E-state index contributed by atoms with van der Waals surface area (Å²) in [5.41, 5.74) is 2.40. The van der Waals surface area contributed by atoms with Gasteiger partial charge in [0.2, 0.25) is 5.88 Å². The molecule has 0 unspecified atom stereocenters. The Hall–Kier alpha value is -2.30. The first-order valence-electron chi connectivity index (χ1n) is 5.60. The molecule has 1 aromatic carbocycles. The van der Waals surface area contributed by atoms with Gasteiger partial charge in [-0.2, -0.15) is 5.10 Å². The van der Waals surface area contributed by atoms with E-state index >= 15 is 0 Å². The molecule has 0 spiro atoms. The SMILES string of the molecule is Cc1ccccc1NC(=O)c1c(C)nn(C)c1O. The van der Waals surface area contributed by atoms with Gasteiger partial charge >= 0.3 is 0 Å². The van der Waals surface area contributed by atoms with Crippen LogP contribution in [0.2, 0.25) is 0 Å². The normalized spacial score (nSPS) is 10.4. The molecule has 94 valence electrons. The second-order valence-corrected chi connectivity index (χ2v) is 4.18. The minimum Gasteiger partial charge on any atom is -0.493 e. The molecule has 5 nitrogen and oxygen atoms in total. The zero-order chi connectivity index (χ0) is 13.3. The van der Waals surface area contributed by atoms with E-state index in [4.69, 9.17) is 0 Å². The van der Waals surface area contributed by atoms with Crippen molar-refractivity contribution in [1.82, 2.24) is 9.78 Å². The fourth-order valence-electron chi connectivity index (χ4n) is 1.81. The van der Waals surface area contributed by atoms with Crippen LogP contribution in [-0.4, -0.2) is 20.8 Å². The number of benzene rings is 1. The Morgan fingerprint density at radius 3 is 2.56 bits per heavy atom. The van der Waals surface area contributed by atoms with Crippen LogP contribution < -0.4 is 5.32 Å². The summed E-state index contributed by atoms with van der Waals surface area (Å²) in [6, 6.07) is 7.47. The summed E-state index contributed by atoms with van der Waals surface area (Å²) < 4.78 is 1.28. The molecule has 0 aliphatic carbocycles. The number of rotatable bonds is 2. The summed E-state index contributed by atoms with van der Waals surface area (Å²) in [7, 11) is 1.59. The van der Waals surface area contributed by atoms with Gasteiger partial charge < -0.3 is 10.4 Å². The topological polar surface area (TPSA) is 67.2 Å². The van der Waals surface area contributed by atoms with Gasteiger partial charge in [0.1, 0.15) is 5.56 Å². The number of amides is 1. The van der Waals surface area contributed by atoms with Crippen molar-refractivity contribution in [3.05, 3.63) is 41.1 Å². The molecule has 2 N–H and O–H groups in total. The van der Waals surface area contributed by atoms with Crippen LogP contribution in [0.1, 0.15) is 21.6 Å². The van der Waals surface area contributed by atoms with E-state index in [1.165, 1.54) is 4.68 Å². The van der Waals surface area contributed by atoms with Gasteiger partial charge in [0.25, 0.3) is 5.91 Å². The Labute approximate surface area is 105 Å². The second-order valence-electron chi connectivity index (χ2n) is 4.18. The molecule has 0 aliphatic heterocycles. The van der Waals surface area contributed by atoms with E-state index in [0.29, 0.717) is 5.69 Å². The van der Waals surface area contributed by atoms with E-state index in [-0.39, 0.29) is 17.4 Å². The third-order valence-corrected chi connectivity index (χ3v) is 2.81. The molecule has 2 aromatic rings. The van der Waals surface area contributed by atoms with E-state index in [1.54, 1.807) is 14.0 Å². The number of anilines is 1. The highest BCUT2D eigenvalue weighted by molar-refractivity contribution is 6.06. The van der Waals surface area contributed by atoms with Gasteiger partial charge in [-0.1, -0.05) is 18.2 Å². The lowest BCUT2D eigenvalue weighted by Crippen LogP contribution is -2.13. The van der Waals surface area contributed by atoms with Gasteiger partial charge in [-0.05, 0) is 25.5 Å². The lowest BCUT2D eigenvalue weighted by molar-refractivity contribution is 0.102. The zero-order valence-electron chi connectivity index (χ0n) is 10.6. The van der Waals surface area contributed by atoms with Crippen molar-refractivity contribution in [3.8, 4) is 5.88 Å². The van der Waals surface area contributed by atoms with E-state index in [0.717, 1.165) is 11.3 Å². The summed E-state index contributed by atoms with van der Waals surface area (Å²) >= 11 is 0. The molecule has 5 heteroatoms. The summed E-state index contributed by atoms with van der Waals surface area (Å²) in [6.07, 6.45) is 0. The van der Waals surface area contributed by atoms with Gasteiger partial charge in [0.15, 0.2) is 0 Å². The van der Waals surface area contributed by atoms with Crippen molar-refractivity contribution in [1.29, 1.82) is 0 Å². The average Bonchev–Trinajstić information content (AvgIpc) is 2.56. The molecule has 2 rings (SSSR count). The Morgan fingerprint density at radius 2 is 2.00 bits per heavy atom. The zero-order valence-corrected chi connectivity index (χ0v) is 10.6. The van der Waals surface area contributed by atoms with Crippen LogP contribution in [0.3, 0.4) is 0 Å². The first kappa shape index (κ1) is 12.2. The van der Waals surface area contributed by atoms with Gasteiger partial charge in [0.05, 0.1) is 5.69 Å². The Kier molecular flexibility index (Phi) is 3.06. The number of para-hydroxylation sites is 1. The van der Waals surface area contributed by atoms with E-state index in [2.05, 4.69) is 10.4 Å². The highest BCUT2D eigenvalue weighted by Gasteiger charge is 2.20. The summed E-state index contributed by atoms with van der Waals surface area (Å²) in [5, 5.41) is 16.5. The van der Waals surface area contributed by atoms with Crippen molar-refractivity contribution in [2.24, 2.45) is 7.05 Å². The average molecular weight is 245 g/mol. The number of aromatic hydroxyl groups is 1. The van der Waals surface area contributed by atoms with Crippen LogP contribution in [0.4, 0.5) is 5.69 Å². The lowest BCUT2D eigenvalue weighted by Gasteiger charge is -2.07. The van der Waals surface area contributed by atoms with Crippen molar-refractivity contribution in [3.63, 3.8) is 0 Å². The van der Waals surface area contributed by atoms with Crippen molar-refractivity contribution in [2.75, 3.05) is 5.32 Å². The van der Waals surface area contributed by atoms with Crippen LogP contribution in [0, 0.1) is 13.8 Å². The van der Waals surface area contributed by atoms with E-state index in [9.17, 15) is 9.90 Å². The largest absolute Gasteiger partial charge is 0.493 e. The van der Waals surface area contributed by atoms with Crippen molar-refractivity contribution >= 4 is 11.6 Å². The number of carbonyl (C=O) groups is 1. The minimum absolute atomic E-state index is 0.126. The smallest absolute Gasteiger partial charge is 0.263 e. The van der Waals surface area contributed by atoms with Crippen LogP contribution in [0.5, 0.6) is 5.88 Å². The number of hydrogen-bond acceptors (Lipinski definition) is 3. The molecular weight excluding hydrogens is 230 g/mol. The van der Waals surface area contributed by atoms with Gasteiger partial charge in [0, 0.05) is 12.7 Å². The highest BCUT2D eigenvalue weighted by atomic mass is 16.3. The molecule has 0 atom stereocenters. The third kappa shape index (κ3) is 2.07. The Bertz CT molecular complexity index is 602. The molecule has 18 heavy (non-hydrogen) atoms. The second kappa shape index (κ2) is 4.52. The molecule has 1 amide bonds. The summed E-state index contributed by atoms with van der Waals surface area (Å²) in [6.45, 7) is 3.60. The van der Waals surface area contributed by atoms with Gasteiger partial charge in [-0.3, -0.25) is 4.79 Å². The van der Waals surface area contributed by atoms with Gasteiger partial charge in [-0.25, -0.2) is 4.68 Å². The molecule has 0 aliphatic rings. The highest BCUT2D eigenvalue weighted by Crippen LogP contribution is 2.22. The van der Waals surface area contributed by atoms with Crippen LogP contribution in [-0.2, 0) is 7.05 Å². The minimum atomic E-state index is -0.354. The quantitative estimate of drug-likeness (QED) is 0.850. The summed E-state index contributed by atoms with van der Waals surface area (Å²) in [4.78, 5) is 12.1. The fraction of sp³-hybridized carbons (Fsp3) is 0.231. The fourth-order valence-corrected chi connectivity index (χ4v) is 1.81. The predicted molar refractivity (Wildman–Crippen MR) is 68.7 cm³/mol. The summed E-state index contributed by atoms with van der Waals surface area (Å²) in [5.74, 6) is -0.481. The molecule has 1 aromatic heterocycles. The maximum Gasteiger partial charge on any atom is 0.263 e. The molecule has 0 saturated carbocycles. The van der Waals surface area contributed by atoms with E-state index in [1.807, 2.05) is 31.2 Å². The van der Waals surface area contributed by atoms with E-state index < -0.39 is 0 Å². The molecule has 0 radical (unpaired) electrons. The Balaban J connectivity index is 2.31. The number of nitrogens with zero attached hydrogens (tertiary/aromatic N) is 2. The third-order valence-electron chi connectivity index (χ3n) is 2.81. The van der Waals surface area contributed by atoms with Crippen LogP contribution in [0.15, 0.2) is 24.3 Å². The first-order valence-corrected chi connectivity index (χ1v) is 5.60. The number of aromatic nitrogens is 2. The molecular formula is C13H15N3O2. The monoisotopic (exact) mass is 245 g/mol.